The summed E-state index contributed by atoms with van der Waals surface area (Å²) in [6, 6.07) is 2.48. The van der Waals surface area contributed by atoms with E-state index in [1.54, 1.807) is 0 Å². The molecule has 18 heavy (non-hydrogen) atoms. The molecule has 1 heterocycles. The number of likely N-dealkylation sites (tertiary alicyclic amines) is 1. The topological polar surface area (TPSA) is 20.3 Å². The fourth-order valence-corrected chi connectivity index (χ4v) is 2.47. The van der Waals surface area contributed by atoms with Crippen LogP contribution < -0.4 is 0 Å². The van der Waals surface area contributed by atoms with E-state index in [-0.39, 0.29) is 5.56 Å². The Balaban J connectivity index is 2.26. The minimum absolute atomic E-state index is 0.287. The number of halogens is 3. The summed E-state index contributed by atoms with van der Waals surface area (Å²) < 4.78 is 27.5. The SMILES string of the molecule is Cc1ccc(F)c(C(=O)N2CCC(Br)CC2)c1F. The van der Waals surface area contributed by atoms with E-state index in [4.69, 9.17) is 0 Å². The molecule has 1 saturated heterocycles. The number of aryl methyl sites for hydroxylation is 1. The second-order valence-electron chi connectivity index (χ2n) is 4.52. The first kappa shape index (κ1) is 13.5. The van der Waals surface area contributed by atoms with Crippen LogP contribution in [-0.2, 0) is 0 Å². The summed E-state index contributed by atoms with van der Waals surface area (Å²) in [5.41, 5.74) is -0.141. The van der Waals surface area contributed by atoms with Crippen molar-refractivity contribution in [1.29, 1.82) is 0 Å². The number of carbonyl (C=O) groups excluding carboxylic acids is 1. The molecular weight excluding hydrogens is 304 g/mol. The van der Waals surface area contributed by atoms with E-state index >= 15 is 0 Å². The van der Waals surface area contributed by atoms with Crippen LogP contribution in [0.25, 0.3) is 0 Å². The maximum Gasteiger partial charge on any atom is 0.259 e. The van der Waals surface area contributed by atoms with Crippen LogP contribution in [0.5, 0.6) is 0 Å². The van der Waals surface area contributed by atoms with Crippen molar-refractivity contribution >= 4 is 21.8 Å². The zero-order valence-electron chi connectivity index (χ0n) is 10.0. The lowest BCUT2D eigenvalue weighted by Gasteiger charge is -2.29. The second-order valence-corrected chi connectivity index (χ2v) is 5.82. The largest absolute Gasteiger partial charge is 0.338 e. The molecule has 1 aromatic rings. The Hall–Kier alpha value is -0.970. The molecule has 1 fully saturated rings. The van der Waals surface area contributed by atoms with Gasteiger partial charge < -0.3 is 4.90 Å². The van der Waals surface area contributed by atoms with Gasteiger partial charge in [0.05, 0.1) is 0 Å². The first-order chi connectivity index (χ1) is 8.50. The summed E-state index contributed by atoms with van der Waals surface area (Å²) in [4.78, 5) is 14.0. The number of hydrogen-bond donors (Lipinski definition) is 0. The highest BCUT2D eigenvalue weighted by Crippen LogP contribution is 2.22. The number of hydrogen-bond acceptors (Lipinski definition) is 1. The molecule has 0 unspecified atom stereocenters. The molecule has 0 bridgehead atoms. The summed E-state index contributed by atoms with van der Waals surface area (Å²) in [7, 11) is 0. The molecule has 0 atom stereocenters. The van der Waals surface area contributed by atoms with Crippen LogP contribution in [-0.4, -0.2) is 28.7 Å². The Bertz CT molecular complexity index is 470. The van der Waals surface area contributed by atoms with Crippen molar-refractivity contribution < 1.29 is 13.6 Å². The summed E-state index contributed by atoms with van der Waals surface area (Å²) in [6.45, 7) is 2.58. The van der Waals surface area contributed by atoms with Crippen LogP contribution in [0.1, 0.15) is 28.8 Å². The van der Waals surface area contributed by atoms with Crippen LogP contribution in [0.3, 0.4) is 0 Å². The third-order valence-electron chi connectivity index (χ3n) is 3.21. The Morgan fingerprint density at radius 1 is 1.33 bits per heavy atom. The number of alkyl halides is 1. The first-order valence-electron chi connectivity index (χ1n) is 5.88. The number of amides is 1. The quantitative estimate of drug-likeness (QED) is 0.728. The maximum absolute atomic E-state index is 13.8. The van der Waals surface area contributed by atoms with E-state index in [0.717, 1.165) is 18.9 Å². The van der Waals surface area contributed by atoms with Gasteiger partial charge in [0, 0.05) is 17.9 Å². The lowest BCUT2D eigenvalue weighted by molar-refractivity contribution is 0.0718. The van der Waals surface area contributed by atoms with Gasteiger partial charge in [-0.2, -0.15) is 0 Å². The predicted molar refractivity (Wildman–Crippen MR) is 68.9 cm³/mol. The zero-order valence-corrected chi connectivity index (χ0v) is 11.6. The van der Waals surface area contributed by atoms with E-state index in [1.165, 1.54) is 17.9 Å². The van der Waals surface area contributed by atoms with Crippen molar-refractivity contribution in [2.75, 3.05) is 13.1 Å². The zero-order chi connectivity index (χ0) is 13.3. The number of benzene rings is 1. The highest BCUT2D eigenvalue weighted by molar-refractivity contribution is 9.09. The normalized spacial score (nSPS) is 17.0. The fourth-order valence-electron chi connectivity index (χ4n) is 2.06. The van der Waals surface area contributed by atoms with Crippen LogP contribution in [0.2, 0.25) is 0 Å². The van der Waals surface area contributed by atoms with Gasteiger partial charge >= 0.3 is 0 Å². The monoisotopic (exact) mass is 317 g/mol. The standard InChI is InChI=1S/C13H14BrF2NO/c1-8-2-3-10(15)11(12(8)16)13(18)17-6-4-9(14)5-7-17/h2-3,9H,4-7H2,1H3. The van der Waals surface area contributed by atoms with Crippen LogP contribution in [0.4, 0.5) is 8.78 Å². The molecule has 98 valence electrons. The van der Waals surface area contributed by atoms with Crippen molar-refractivity contribution in [3.05, 3.63) is 34.9 Å². The van der Waals surface area contributed by atoms with Gasteiger partial charge in [0.2, 0.25) is 0 Å². The van der Waals surface area contributed by atoms with Gasteiger partial charge in [0.15, 0.2) is 0 Å². The van der Waals surface area contributed by atoms with Gasteiger partial charge in [-0.1, -0.05) is 22.0 Å². The lowest BCUT2D eigenvalue weighted by atomic mass is 10.1. The first-order valence-corrected chi connectivity index (χ1v) is 6.80. The fraction of sp³-hybridized carbons (Fsp3) is 0.462. The summed E-state index contributed by atoms with van der Waals surface area (Å²) in [5.74, 6) is -2.09. The maximum atomic E-state index is 13.8. The minimum atomic E-state index is -0.788. The molecular formula is C13H14BrF2NO. The van der Waals surface area contributed by atoms with Crippen LogP contribution in [0.15, 0.2) is 12.1 Å². The molecule has 0 spiro atoms. The molecule has 5 heteroatoms. The highest BCUT2D eigenvalue weighted by Gasteiger charge is 2.27. The molecule has 1 aromatic carbocycles. The summed E-state index contributed by atoms with van der Waals surface area (Å²) in [5, 5.41) is 0. The highest BCUT2D eigenvalue weighted by atomic mass is 79.9. The van der Waals surface area contributed by atoms with Crippen LogP contribution >= 0.6 is 15.9 Å². The van der Waals surface area contributed by atoms with Gasteiger partial charge in [0.25, 0.3) is 5.91 Å². The number of nitrogens with zero attached hydrogens (tertiary/aromatic N) is 1. The lowest BCUT2D eigenvalue weighted by Crippen LogP contribution is -2.39. The Morgan fingerprint density at radius 3 is 2.56 bits per heavy atom. The molecule has 2 rings (SSSR count). The van der Waals surface area contributed by atoms with Crippen molar-refractivity contribution in [3.63, 3.8) is 0 Å². The van der Waals surface area contributed by atoms with Crippen molar-refractivity contribution in [3.8, 4) is 0 Å². The van der Waals surface area contributed by atoms with E-state index < -0.39 is 23.1 Å². The molecule has 1 aliphatic rings. The van der Waals surface area contributed by atoms with E-state index in [9.17, 15) is 13.6 Å². The molecule has 0 aromatic heterocycles. The van der Waals surface area contributed by atoms with Gasteiger partial charge in [-0.3, -0.25) is 4.79 Å². The average molecular weight is 318 g/mol. The van der Waals surface area contributed by atoms with E-state index in [0.29, 0.717) is 17.9 Å². The molecule has 0 N–H and O–H groups in total. The van der Waals surface area contributed by atoms with E-state index in [2.05, 4.69) is 15.9 Å². The molecule has 1 amide bonds. The van der Waals surface area contributed by atoms with Crippen molar-refractivity contribution in [2.24, 2.45) is 0 Å². The summed E-state index contributed by atoms with van der Waals surface area (Å²) in [6.07, 6.45) is 1.61. The Kier molecular flexibility index (Phi) is 4.00. The second kappa shape index (κ2) is 5.34. The van der Waals surface area contributed by atoms with E-state index in [1.807, 2.05) is 0 Å². The van der Waals surface area contributed by atoms with Crippen molar-refractivity contribution in [2.45, 2.75) is 24.6 Å². The number of piperidine rings is 1. The summed E-state index contributed by atoms with van der Waals surface area (Å²) >= 11 is 3.48. The molecule has 0 aliphatic carbocycles. The van der Waals surface area contributed by atoms with Gasteiger partial charge in [-0.15, -0.1) is 0 Å². The molecule has 1 aliphatic heterocycles. The Labute approximate surface area is 113 Å². The number of rotatable bonds is 1. The molecule has 0 radical (unpaired) electrons. The van der Waals surface area contributed by atoms with Gasteiger partial charge in [-0.25, -0.2) is 8.78 Å². The van der Waals surface area contributed by atoms with Gasteiger partial charge in [0.1, 0.15) is 17.2 Å². The van der Waals surface area contributed by atoms with Crippen LogP contribution in [0, 0.1) is 18.6 Å². The predicted octanol–water partition coefficient (Wildman–Crippen LogP) is 3.27. The smallest absolute Gasteiger partial charge is 0.259 e. The third kappa shape index (κ3) is 2.55. The number of carbonyl (C=O) groups is 1. The third-order valence-corrected chi connectivity index (χ3v) is 4.13. The minimum Gasteiger partial charge on any atom is -0.338 e. The Morgan fingerprint density at radius 2 is 1.94 bits per heavy atom. The van der Waals surface area contributed by atoms with Gasteiger partial charge in [-0.05, 0) is 31.4 Å². The van der Waals surface area contributed by atoms with Crippen molar-refractivity contribution in [1.82, 2.24) is 4.90 Å². The molecule has 2 nitrogen and oxygen atoms in total. The average Bonchev–Trinajstić information content (AvgIpc) is 2.35. The molecule has 0 saturated carbocycles.